The highest BCUT2D eigenvalue weighted by Gasteiger charge is 2.51. The maximum Gasteiger partial charge on any atom is 0.349 e. The molecule has 4 aromatic rings. The van der Waals surface area contributed by atoms with Crippen LogP contribution in [0.4, 0.5) is 10.1 Å². The molecule has 2 aliphatic heterocycles. The number of nitrogens with zero attached hydrogens (tertiary/aromatic N) is 5. The topological polar surface area (TPSA) is 100 Å². The number of amides is 1. The number of hydrogen-bond donors (Lipinski definition) is 1. The van der Waals surface area contributed by atoms with Gasteiger partial charge in [-0.2, -0.15) is 5.10 Å². The SMILES string of the molecule is COc1ccc(C2C(N3C=CC=NC3C(=O)O)C(C)C(=O)N2c2ccc3c(cnn3-c3ccc(F)cc3)c2)cc1. The van der Waals surface area contributed by atoms with Gasteiger partial charge in [-0.1, -0.05) is 19.1 Å². The number of fused-ring (bicyclic) bond motifs is 1. The third-order valence-electron chi connectivity index (χ3n) is 7.52. The molecule has 1 aromatic heterocycles. The van der Waals surface area contributed by atoms with Crippen LogP contribution in [-0.4, -0.2) is 57.2 Å². The average Bonchev–Trinajstić information content (AvgIpc) is 3.51. The Hall–Kier alpha value is -4.99. The van der Waals surface area contributed by atoms with Gasteiger partial charge in [-0.25, -0.2) is 13.9 Å². The second-order valence-corrected chi connectivity index (χ2v) is 9.78. The molecule has 1 saturated heterocycles. The second kappa shape index (κ2) is 9.96. The predicted molar refractivity (Wildman–Crippen MR) is 148 cm³/mol. The number of allylic oxidation sites excluding steroid dienone is 1. The molecule has 1 fully saturated rings. The molecule has 40 heavy (non-hydrogen) atoms. The van der Waals surface area contributed by atoms with Gasteiger partial charge in [0, 0.05) is 23.5 Å². The Bertz CT molecular complexity index is 1650. The molecule has 1 N–H and O–H groups in total. The molecular weight excluding hydrogens is 513 g/mol. The Morgan fingerprint density at radius 2 is 1.75 bits per heavy atom. The van der Waals surface area contributed by atoms with Gasteiger partial charge in [0.05, 0.1) is 42.5 Å². The van der Waals surface area contributed by atoms with E-state index in [0.717, 1.165) is 16.5 Å². The molecule has 4 unspecified atom stereocenters. The predicted octanol–water partition coefficient (Wildman–Crippen LogP) is 4.58. The number of benzene rings is 3. The second-order valence-electron chi connectivity index (χ2n) is 9.78. The van der Waals surface area contributed by atoms with Crippen molar-refractivity contribution >= 4 is 34.7 Å². The molecule has 3 heterocycles. The molecule has 1 amide bonds. The number of ether oxygens (including phenoxy) is 1. The van der Waals surface area contributed by atoms with Crippen LogP contribution in [0.5, 0.6) is 5.75 Å². The molecule has 4 atom stereocenters. The quantitative estimate of drug-likeness (QED) is 0.385. The largest absolute Gasteiger partial charge is 0.497 e. The summed E-state index contributed by atoms with van der Waals surface area (Å²) in [6, 6.07) is 18.1. The van der Waals surface area contributed by atoms with E-state index in [4.69, 9.17) is 4.74 Å². The average molecular weight is 540 g/mol. The van der Waals surface area contributed by atoms with Crippen LogP contribution < -0.4 is 9.64 Å². The zero-order valence-electron chi connectivity index (χ0n) is 21.8. The fraction of sp³-hybridized carbons (Fsp3) is 0.200. The van der Waals surface area contributed by atoms with Crippen LogP contribution in [0.1, 0.15) is 18.5 Å². The number of hydrogen-bond acceptors (Lipinski definition) is 6. The molecule has 202 valence electrons. The van der Waals surface area contributed by atoms with Gasteiger partial charge in [0.2, 0.25) is 12.1 Å². The third kappa shape index (κ3) is 4.17. The highest BCUT2D eigenvalue weighted by molar-refractivity contribution is 6.01. The first-order chi connectivity index (χ1) is 19.4. The molecule has 6 rings (SSSR count). The number of halogens is 1. The van der Waals surface area contributed by atoms with Crippen LogP contribution in [0.25, 0.3) is 16.6 Å². The van der Waals surface area contributed by atoms with E-state index in [1.165, 1.54) is 18.3 Å². The summed E-state index contributed by atoms with van der Waals surface area (Å²) in [4.78, 5) is 33.6. The molecule has 2 aliphatic rings. The molecule has 0 radical (unpaired) electrons. The number of aliphatic carboxylic acids is 1. The van der Waals surface area contributed by atoms with Gasteiger partial charge in [0.15, 0.2) is 0 Å². The van der Waals surface area contributed by atoms with Crippen molar-refractivity contribution in [3.63, 3.8) is 0 Å². The van der Waals surface area contributed by atoms with Gasteiger partial charge in [0.25, 0.3) is 0 Å². The number of anilines is 1. The minimum Gasteiger partial charge on any atom is -0.497 e. The Morgan fingerprint density at radius 3 is 2.45 bits per heavy atom. The van der Waals surface area contributed by atoms with Crippen LogP contribution in [0, 0.1) is 11.7 Å². The van der Waals surface area contributed by atoms with Crippen molar-refractivity contribution < 1.29 is 23.8 Å². The van der Waals surface area contributed by atoms with Crippen molar-refractivity contribution in [2.45, 2.75) is 25.2 Å². The smallest absolute Gasteiger partial charge is 0.349 e. The van der Waals surface area contributed by atoms with E-state index in [1.54, 1.807) is 52.2 Å². The highest BCUT2D eigenvalue weighted by Crippen LogP contribution is 2.44. The summed E-state index contributed by atoms with van der Waals surface area (Å²) < 4.78 is 20.5. The van der Waals surface area contributed by atoms with Gasteiger partial charge < -0.3 is 19.6 Å². The van der Waals surface area contributed by atoms with Crippen molar-refractivity contribution in [2.75, 3.05) is 12.0 Å². The number of methoxy groups -OCH3 is 1. The summed E-state index contributed by atoms with van der Waals surface area (Å²) in [5.74, 6) is -1.43. The number of aromatic nitrogens is 2. The molecule has 0 bridgehead atoms. The summed E-state index contributed by atoms with van der Waals surface area (Å²) in [6.45, 7) is 1.82. The Labute approximate surface area is 229 Å². The maximum absolute atomic E-state index is 13.9. The Balaban J connectivity index is 1.46. The van der Waals surface area contributed by atoms with E-state index in [0.29, 0.717) is 17.1 Å². The highest BCUT2D eigenvalue weighted by atomic mass is 19.1. The van der Waals surface area contributed by atoms with Crippen molar-refractivity contribution in [2.24, 2.45) is 10.9 Å². The minimum atomic E-state index is -1.15. The van der Waals surface area contributed by atoms with Gasteiger partial charge >= 0.3 is 5.97 Å². The lowest BCUT2D eigenvalue weighted by Gasteiger charge is -2.38. The lowest BCUT2D eigenvalue weighted by molar-refractivity contribution is -0.143. The molecular formula is C30H26FN5O4. The maximum atomic E-state index is 13.9. The van der Waals surface area contributed by atoms with Gasteiger partial charge in [-0.3, -0.25) is 9.79 Å². The van der Waals surface area contributed by atoms with E-state index < -0.39 is 30.1 Å². The summed E-state index contributed by atoms with van der Waals surface area (Å²) >= 11 is 0. The Morgan fingerprint density at radius 1 is 1.02 bits per heavy atom. The van der Waals surface area contributed by atoms with Crippen molar-refractivity contribution in [3.05, 3.63) is 96.6 Å². The lowest BCUT2D eigenvalue weighted by atomic mass is 9.92. The van der Waals surface area contributed by atoms with Crippen molar-refractivity contribution in [1.82, 2.24) is 14.7 Å². The van der Waals surface area contributed by atoms with Gasteiger partial charge in [-0.15, -0.1) is 0 Å². The monoisotopic (exact) mass is 539 g/mol. The number of aliphatic imine (C=N–C) groups is 1. The first-order valence-corrected chi connectivity index (χ1v) is 12.8. The van der Waals surface area contributed by atoms with E-state index >= 15 is 0 Å². The summed E-state index contributed by atoms with van der Waals surface area (Å²) in [7, 11) is 1.58. The van der Waals surface area contributed by atoms with Crippen LogP contribution in [0.2, 0.25) is 0 Å². The molecule has 10 heteroatoms. The summed E-state index contributed by atoms with van der Waals surface area (Å²) in [6.07, 6.45) is 5.39. The Kier molecular flexibility index (Phi) is 6.30. The molecule has 0 spiro atoms. The lowest BCUT2D eigenvalue weighted by Crippen LogP contribution is -2.48. The van der Waals surface area contributed by atoms with Crippen LogP contribution in [0.15, 0.2) is 90.2 Å². The standard InChI is InChI=1S/C30H26FN5O4/c1-18-26(34-15-3-14-32-28(34)30(38)39)27(19-4-11-24(40-2)12-5-19)35(29(18)37)23-10-13-25-20(16-23)17-33-36(25)22-8-6-21(31)7-9-22/h3-18,26-28H,1-2H3,(H,38,39). The first-order valence-electron chi connectivity index (χ1n) is 12.8. The van der Waals surface area contributed by atoms with Crippen LogP contribution in [0.3, 0.4) is 0 Å². The van der Waals surface area contributed by atoms with E-state index in [2.05, 4.69) is 10.1 Å². The summed E-state index contributed by atoms with van der Waals surface area (Å²) in [5.41, 5.74) is 3.00. The number of carboxylic acid groups (broad SMARTS) is 1. The number of carboxylic acids is 1. The number of carbonyl (C=O) groups is 2. The van der Waals surface area contributed by atoms with E-state index in [-0.39, 0.29) is 11.7 Å². The van der Waals surface area contributed by atoms with Crippen molar-refractivity contribution in [1.29, 1.82) is 0 Å². The first kappa shape index (κ1) is 25.3. The minimum absolute atomic E-state index is 0.136. The molecule has 0 saturated carbocycles. The van der Waals surface area contributed by atoms with Gasteiger partial charge in [-0.05, 0) is 66.2 Å². The normalized spacial score (nSPS) is 22.3. The molecule has 9 nitrogen and oxygen atoms in total. The van der Waals surface area contributed by atoms with Crippen molar-refractivity contribution in [3.8, 4) is 11.4 Å². The van der Waals surface area contributed by atoms with Crippen LogP contribution >= 0.6 is 0 Å². The summed E-state index contributed by atoms with van der Waals surface area (Å²) in [5, 5.41) is 15.2. The third-order valence-corrected chi connectivity index (χ3v) is 7.52. The van der Waals surface area contributed by atoms with Gasteiger partial charge in [0.1, 0.15) is 11.6 Å². The van der Waals surface area contributed by atoms with E-state index in [1.807, 2.05) is 49.4 Å². The van der Waals surface area contributed by atoms with Crippen LogP contribution in [-0.2, 0) is 9.59 Å². The zero-order chi connectivity index (χ0) is 28.0. The number of rotatable bonds is 6. The molecule has 0 aliphatic carbocycles. The number of carbonyl (C=O) groups excluding carboxylic acids is 1. The van der Waals surface area contributed by atoms with E-state index in [9.17, 15) is 19.1 Å². The fourth-order valence-corrected chi connectivity index (χ4v) is 5.62. The zero-order valence-corrected chi connectivity index (χ0v) is 21.8. The molecule has 3 aromatic carbocycles. The fourth-order valence-electron chi connectivity index (χ4n) is 5.62.